The third-order valence-corrected chi connectivity index (χ3v) is 5.33. The average Bonchev–Trinajstić information content (AvgIpc) is 2.92. The Kier molecular flexibility index (Phi) is 4.16. The van der Waals surface area contributed by atoms with Crippen molar-refractivity contribution in [1.29, 1.82) is 0 Å². The van der Waals surface area contributed by atoms with Crippen molar-refractivity contribution in [3.63, 3.8) is 0 Å². The Labute approximate surface area is 141 Å². The highest BCUT2D eigenvalue weighted by Gasteiger charge is 2.32. The lowest BCUT2D eigenvalue weighted by Gasteiger charge is -2.08. The van der Waals surface area contributed by atoms with E-state index in [9.17, 15) is 4.79 Å². The molecule has 2 heterocycles. The van der Waals surface area contributed by atoms with E-state index in [0.29, 0.717) is 22.2 Å². The van der Waals surface area contributed by atoms with Crippen molar-refractivity contribution in [3.8, 4) is 11.3 Å². The first kappa shape index (κ1) is 15.4. The van der Waals surface area contributed by atoms with Crippen LogP contribution in [0.15, 0.2) is 23.2 Å². The summed E-state index contributed by atoms with van der Waals surface area (Å²) in [6, 6.07) is 5.28. The summed E-state index contributed by atoms with van der Waals surface area (Å²) in [6.07, 6.45) is 0.551. The van der Waals surface area contributed by atoms with E-state index in [2.05, 4.69) is 15.3 Å². The number of anilines is 1. The van der Waals surface area contributed by atoms with Crippen LogP contribution in [-0.4, -0.2) is 28.2 Å². The molecule has 3 N–H and O–H groups in total. The SMILES string of the molecule is CNC(=O)C1Cc2c(nc(N)nc2-c2ccc(Cl)c(Cl)c2)S1. The van der Waals surface area contributed by atoms with Gasteiger partial charge in [-0.1, -0.05) is 41.0 Å². The smallest absolute Gasteiger partial charge is 0.233 e. The Hall–Kier alpha value is -1.50. The molecule has 1 aromatic carbocycles. The monoisotopic (exact) mass is 354 g/mol. The summed E-state index contributed by atoms with van der Waals surface area (Å²) in [5.74, 6) is 0.131. The Balaban J connectivity index is 2.08. The fourth-order valence-electron chi connectivity index (χ4n) is 2.31. The molecule has 1 unspecified atom stereocenters. The molecule has 1 aliphatic rings. The number of benzene rings is 1. The number of aromatic nitrogens is 2. The van der Waals surface area contributed by atoms with Crippen LogP contribution < -0.4 is 11.1 Å². The Bertz CT molecular complexity index is 769. The average molecular weight is 355 g/mol. The van der Waals surface area contributed by atoms with Crippen molar-refractivity contribution in [2.24, 2.45) is 0 Å². The van der Waals surface area contributed by atoms with Crippen LogP contribution >= 0.6 is 35.0 Å². The number of amides is 1. The Morgan fingerprint density at radius 1 is 1.36 bits per heavy atom. The molecule has 3 rings (SSSR count). The summed E-state index contributed by atoms with van der Waals surface area (Å²) in [6.45, 7) is 0. The van der Waals surface area contributed by atoms with Crippen molar-refractivity contribution in [1.82, 2.24) is 15.3 Å². The van der Waals surface area contributed by atoms with Gasteiger partial charge in [-0.15, -0.1) is 0 Å². The maximum absolute atomic E-state index is 11.9. The van der Waals surface area contributed by atoms with Crippen LogP contribution in [0.5, 0.6) is 0 Å². The molecule has 1 aliphatic heterocycles. The number of carbonyl (C=O) groups is 1. The van der Waals surface area contributed by atoms with E-state index in [4.69, 9.17) is 28.9 Å². The summed E-state index contributed by atoms with van der Waals surface area (Å²) in [7, 11) is 1.62. The van der Waals surface area contributed by atoms with Crippen LogP contribution in [-0.2, 0) is 11.2 Å². The van der Waals surface area contributed by atoms with Gasteiger partial charge in [0.25, 0.3) is 0 Å². The zero-order valence-electron chi connectivity index (χ0n) is 11.6. The number of nitrogens with one attached hydrogen (secondary N) is 1. The number of carbonyl (C=O) groups excluding carboxylic acids is 1. The summed E-state index contributed by atoms with van der Waals surface area (Å²) in [5, 5.41) is 4.09. The minimum absolute atomic E-state index is 0.0401. The van der Waals surface area contributed by atoms with Gasteiger partial charge in [0.1, 0.15) is 5.03 Å². The highest BCUT2D eigenvalue weighted by atomic mass is 35.5. The fourth-order valence-corrected chi connectivity index (χ4v) is 3.82. The Morgan fingerprint density at radius 3 is 2.82 bits per heavy atom. The molecular formula is C14H12Cl2N4OS. The molecule has 0 bridgehead atoms. The van der Waals surface area contributed by atoms with Gasteiger partial charge in [0.15, 0.2) is 0 Å². The van der Waals surface area contributed by atoms with Gasteiger partial charge < -0.3 is 11.1 Å². The molecule has 1 aromatic heterocycles. The second-order valence-corrected chi connectivity index (χ2v) is 6.77. The second kappa shape index (κ2) is 5.95. The fraction of sp³-hybridized carbons (Fsp3) is 0.214. The van der Waals surface area contributed by atoms with Crippen LogP contribution in [0.25, 0.3) is 11.3 Å². The van der Waals surface area contributed by atoms with Gasteiger partial charge in [0.2, 0.25) is 11.9 Å². The van der Waals surface area contributed by atoms with Gasteiger partial charge in [-0.3, -0.25) is 4.79 Å². The zero-order valence-corrected chi connectivity index (χ0v) is 13.9. The maximum atomic E-state index is 11.9. The van der Waals surface area contributed by atoms with Gasteiger partial charge in [0, 0.05) is 18.2 Å². The lowest BCUT2D eigenvalue weighted by molar-refractivity contribution is -0.120. The first-order valence-electron chi connectivity index (χ1n) is 6.49. The number of nitrogens with two attached hydrogens (primary N) is 1. The summed E-state index contributed by atoms with van der Waals surface area (Å²) in [5.41, 5.74) is 8.20. The van der Waals surface area contributed by atoms with Crippen molar-refractivity contribution < 1.29 is 4.79 Å². The molecule has 114 valence electrons. The third kappa shape index (κ3) is 2.74. The molecule has 0 aliphatic carbocycles. The van der Waals surface area contributed by atoms with E-state index < -0.39 is 0 Å². The predicted octanol–water partition coefficient (Wildman–Crippen LogP) is 2.80. The number of hydrogen-bond acceptors (Lipinski definition) is 5. The topological polar surface area (TPSA) is 80.9 Å². The first-order valence-corrected chi connectivity index (χ1v) is 8.13. The number of rotatable bonds is 2. The van der Waals surface area contributed by atoms with E-state index in [-0.39, 0.29) is 17.1 Å². The molecule has 8 heteroatoms. The minimum Gasteiger partial charge on any atom is -0.368 e. The molecule has 1 atom stereocenters. The van der Waals surface area contributed by atoms with Crippen LogP contribution in [0.4, 0.5) is 5.95 Å². The van der Waals surface area contributed by atoms with Gasteiger partial charge >= 0.3 is 0 Å². The van der Waals surface area contributed by atoms with Gasteiger partial charge in [-0.25, -0.2) is 9.97 Å². The number of thioether (sulfide) groups is 1. The summed E-state index contributed by atoms with van der Waals surface area (Å²) >= 11 is 13.4. The molecule has 0 radical (unpaired) electrons. The second-order valence-electron chi connectivity index (χ2n) is 4.77. The Morgan fingerprint density at radius 2 is 2.14 bits per heavy atom. The molecule has 0 spiro atoms. The summed E-state index contributed by atoms with van der Waals surface area (Å²) < 4.78 is 0. The van der Waals surface area contributed by atoms with Crippen LogP contribution in [0.2, 0.25) is 10.0 Å². The van der Waals surface area contributed by atoms with E-state index in [0.717, 1.165) is 16.2 Å². The molecule has 5 nitrogen and oxygen atoms in total. The number of fused-ring (bicyclic) bond motifs is 1. The van der Waals surface area contributed by atoms with Crippen LogP contribution in [0.1, 0.15) is 5.56 Å². The lowest BCUT2D eigenvalue weighted by Crippen LogP contribution is -2.29. The van der Waals surface area contributed by atoms with Crippen molar-refractivity contribution in [3.05, 3.63) is 33.8 Å². The van der Waals surface area contributed by atoms with Crippen LogP contribution in [0, 0.1) is 0 Å². The van der Waals surface area contributed by atoms with E-state index in [1.807, 2.05) is 6.07 Å². The normalized spacial score (nSPS) is 16.4. The molecule has 0 fully saturated rings. The van der Waals surface area contributed by atoms with Gasteiger partial charge in [-0.2, -0.15) is 0 Å². The highest BCUT2D eigenvalue weighted by molar-refractivity contribution is 8.00. The lowest BCUT2D eigenvalue weighted by atomic mass is 10.0. The van der Waals surface area contributed by atoms with Crippen molar-refractivity contribution in [2.75, 3.05) is 12.8 Å². The van der Waals surface area contributed by atoms with E-state index in [1.165, 1.54) is 11.8 Å². The quantitative estimate of drug-likeness (QED) is 0.810. The largest absolute Gasteiger partial charge is 0.368 e. The maximum Gasteiger partial charge on any atom is 0.233 e. The molecule has 0 saturated heterocycles. The highest BCUT2D eigenvalue weighted by Crippen LogP contribution is 2.41. The van der Waals surface area contributed by atoms with Gasteiger partial charge in [-0.05, 0) is 18.6 Å². The number of hydrogen-bond donors (Lipinski definition) is 2. The van der Waals surface area contributed by atoms with E-state index >= 15 is 0 Å². The van der Waals surface area contributed by atoms with Crippen molar-refractivity contribution in [2.45, 2.75) is 16.7 Å². The van der Waals surface area contributed by atoms with Crippen LogP contribution in [0.3, 0.4) is 0 Å². The third-order valence-electron chi connectivity index (χ3n) is 3.36. The molecule has 0 saturated carbocycles. The first-order chi connectivity index (χ1) is 10.5. The number of halogens is 2. The standard InChI is InChI=1S/C14H12Cl2N4OS/c1-18-12(21)10-5-7-11(19-14(17)20-13(7)22-10)6-2-3-8(15)9(16)4-6/h2-4,10H,5H2,1H3,(H,18,21)(H2,17,19,20). The van der Waals surface area contributed by atoms with Gasteiger partial charge in [0.05, 0.1) is 21.0 Å². The van der Waals surface area contributed by atoms with E-state index in [1.54, 1.807) is 19.2 Å². The molecule has 2 aromatic rings. The molecule has 22 heavy (non-hydrogen) atoms. The zero-order chi connectivity index (χ0) is 15.9. The predicted molar refractivity (Wildman–Crippen MR) is 89.3 cm³/mol. The summed E-state index contributed by atoms with van der Waals surface area (Å²) in [4.78, 5) is 20.4. The number of nitrogen functional groups attached to an aromatic ring is 1. The molecular weight excluding hydrogens is 343 g/mol. The number of nitrogens with zero attached hydrogens (tertiary/aromatic N) is 2. The minimum atomic E-state index is -0.224. The molecule has 1 amide bonds. The van der Waals surface area contributed by atoms with Crippen molar-refractivity contribution >= 4 is 46.8 Å².